The summed E-state index contributed by atoms with van der Waals surface area (Å²) >= 11 is 0. The van der Waals surface area contributed by atoms with Crippen molar-refractivity contribution < 1.29 is 4.39 Å². The van der Waals surface area contributed by atoms with Gasteiger partial charge in [-0.05, 0) is 30.7 Å². The van der Waals surface area contributed by atoms with E-state index >= 15 is 0 Å². The fourth-order valence-corrected chi connectivity index (χ4v) is 2.34. The SMILES string of the molecule is CC(c1ccc(F)cc1)n1cncc1-c1cnccc1N. The quantitative estimate of drug-likeness (QED) is 0.802. The zero-order valence-electron chi connectivity index (χ0n) is 11.6. The normalized spacial score (nSPS) is 12.3. The first-order valence-corrected chi connectivity index (χ1v) is 6.64. The van der Waals surface area contributed by atoms with Gasteiger partial charge in [-0.25, -0.2) is 9.37 Å². The van der Waals surface area contributed by atoms with Crippen LogP contribution >= 0.6 is 0 Å². The van der Waals surface area contributed by atoms with Crippen LogP contribution in [-0.4, -0.2) is 14.5 Å². The molecule has 0 aliphatic rings. The first kappa shape index (κ1) is 13.3. The highest BCUT2D eigenvalue weighted by molar-refractivity contribution is 5.72. The van der Waals surface area contributed by atoms with E-state index in [1.165, 1.54) is 12.1 Å². The minimum atomic E-state index is -0.242. The van der Waals surface area contributed by atoms with Crippen molar-refractivity contribution >= 4 is 5.69 Å². The molecule has 2 N–H and O–H groups in total. The Morgan fingerprint density at radius 3 is 2.57 bits per heavy atom. The second-order valence-electron chi connectivity index (χ2n) is 4.88. The van der Waals surface area contributed by atoms with Crippen molar-refractivity contribution in [2.24, 2.45) is 0 Å². The van der Waals surface area contributed by atoms with Crippen LogP contribution in [0.15, 0.2) is 55.2 Å². The predicted molar refractivity (Wildman–Crippen MR) is 80.1 cm³/mol. The molecule has 0 aliphatic heterocycles. The molecule has 1 atom stereocenters. The van der Waals surface area contributed by atoms with E-state index in [1.54, 1.807) is 43.1 Å². The van der Waals surface area contributed by atoms with Gasteiger partial charge in [0.15, 0.2) is 0 Å². The maximum absolute atomic E-state index is 13.0. The topological polar surface area (TPSA) is 56.7 Å². The van der Waals surface area contributed by atoms with Crippen LogP contribution in [0.3, 0.4) is 0 Å². The van der Waals surface area contributed by atoms with Crippen molar-refractivity contribution in [3.8, 4) is 11.3 Å². The molecule has 0 fully saturated rings. The van der Waals surface area contributed by atoms with E-state index < -0.39 is 0 Å². The minimum Gasteiger partial charge on any atom is -0.398 e. The molecule has 0 radical (unpaired) electrons. The monoisotopic (exact) mass is 282 g/mol. The van der Waals surface area contributed by atoms with Gasteiger partial charge in [0.05, 0.1) is 24.3 Å². The molecule has 21 heavy (non-hydrogen) atoms. The average Bonchev–Trinajstić information content (AvgIpc) is 2.97. The summed E-state index contributed by atoms with van der Waals surface area (Å²) < 4.78 is 15.0. The summed E-state index contributed by atoms with van der Waals surface area (Å²) in [6.07, 6.45) is 6.88. The Morgan fingerprint density at radius 1 is 1.10 bits per heavy atom. The molecule has 4 nitrogen and oxygen atoms in total. The lowest BCUT2D eigenvalue weighted by Crippen LogP contribution is -2.08. The van der Waals surface area contributed by atoms with Gasteiger partial charge in [0.2, 0.25) is 0 Å². The first-order valence-electron chi connectivity index (χ1n) is 6.64. The van der Waals surface area contributed by atoms with Crippen molar-refractivity contribution in [1.29, 1.82) is 0 Å². The van der Waals surface area contributed by atoms with Gasteiger partial charge in [-0.3, -0.25) is 4.98 Å². The molecule has 0 bridgehead atoms. The van der Waals surface area contributed by atoms with Gasteiger partial charge >= 0.3 is 0 Å². The van der Waals surface area contributed by atoms with Gasteiger partial charge in [0.1, 0.15) is 5.82 Å². The number of nitrogens with zero attached hydrogens (tertiary/aromatic N) is 3. The van der Waals surface area contributed by atoms with Crippen molar-refractivity contribution in [2.75, 3.05) is 5.73 Å². The summed E-state index contributed by atoms with van der Waals surface area (Å²) in [5.41, 5.74) is 9.38. The van der Waals surface area contributed by atoms with Gasteiger partial charge in [-0.1, -0.05) is 12.1 Å². The molecule has 0 spiro atoms. The zero-order valence-corrected chi connectivity index (χ0v) is 11.6. The molecule has 0 aliphatic carbocycles. The lowest BCUT2D eigenvalue weighted by atomic mass is 10.1. The Morgan fingerprint density at radius 2 is 1.86 bits per heavy atom. The number of aromatic nitrogens is 3. The van der Waals surface area contributed by atoms with Crippen molar-refractivity contribution in [3.63, 3.8) is 0 Å². The number of benzene rings is 1. The molecule has 1 aromatic carbocycles. The third-order valence-corrected chi connectivity index (χ3v) is 3.57. The van der Waals surface area contributed by atoms with E-state index in [0.29, 0.717) is 5.69 Å². The predicted octanol–water partition coefficient (Wildman–Crippen LogP) is 3.28. The van der Waals surface area contributed by atoms with E-state index in [-0.39, 0.29) is 11.9 Å². The van der Waals surface area contributed by atoms with E-state index in [9.17, 15) is 4.39 Å². The Labute approximate surface area is 122 Å². The van der Waals surface area contributed by atoms with Crippen molar-refractivity contribution in [1.82, 2.24) is 14.5 Å². The number of anilines is 1. The van der Waals surface area contributed by atoms with E-state index in [0.717, 1.165) is 16.8 Å². The molecular weight excluding hydrogens is 267 g/mol. The number of rotatable bonds is 3. The van der Waals surface area contributed by atoms with Crippen LogP contribution in [0.2, 0.25) is 0 Å². The smallest absolute Gasteiger partial charge is 0.123 e. The fraction of sp³-hybridized carbons (Fsp3) is 0.125. The molecule has 0 saturated heterocycles. The minimum absolute atomic E-state index is 0.0164. The van der Waals surface area contributed by atoms with Crippen LogP contribution in [0.5, 0.6) is 0 Å². The molecule has 3 aromatic rings. The van der Waals surface area contributed by atoms with Crippen LogP contribution in [0, 0.1) is 5.82 Å². The molecule has 0 saturated carbocycles. The third kappa shape index (κ3) is 2.50. The largest absolute Gasteiger partial charge is 0.398 e. The Balaban J connectivity index is 2.03. The number of pyridine rings is 1. The van der Waals surface area contributed by atoms with E-state index in [2.05, 4.69) is 9.97 Å². The molecule has 5 heteroatoms. The number of imidazole rings is 1. The number of hydrogen-bond acceptors (Lipinski definition) is 3. The second kappa shape index (κ2) is 5.36. The Kier molecular flexibility index (Phi) is 3.39. The summed E-state index contributed by atoms with van der Waals surface area (Å²) in [5, 5.41) is 0. The maximum Gasteiger partial charge on any atom is 0.123 e. The Bertz CT molecular complexity index is 749. The molecule has 0 amide bonds. The van der Waals surface area contributed by atoms with Gasteiger partial charge in [-0.15, -0.1) is 0 Å². The van der Waals surface area contributed by atoms with E-state index in [1.807, 2.05) is 11.5 Å². The number of nitrogen functional groups attached to an aromatic ring is 1. The zero-order chi connectivity index (χ0) is 14.8. The maximum atomic E-state index is 13.0. The Hall–Kier alpha value is -2.69. The van der Waals surface area contributed by atoms with Crippen LogP contribution in [0.25, 0.3) is 11.3 Å². The highest BCUT2D eigenvalue weighted by Crippen LogP contribution is 2.29. The summed E-state index contributed by atoms with van der Waals surface area (Å²) in [6, 6.07) is 8.24. The molecule has 1 unspecified atom stereocenters. The third-order valence-electron chi connectivity index (χ3n) is 3.57. The van der Waals surface area contributed by atoms with Crippen LogP contribution in [0.4, 0.5) is 10.1 Å². The lowest BCUT2D eigenvalue weighted by molar-refractivity contribution is 0.617. The standard InChI is InChI=1S/C16H15FN4/c1-11(12-2-4-13(17)5-3-12)21-10-20-9-16(21)14-8-19-7-6-15(14)18/h2-11H,1H3,(H2,18,19). The molecule has 106 valence electrons. The summed E-state index contributed by atoms with van der Waals surface area (Å²) in [4.78, 5) is 8.32. The number of hydrogen-bond donors (Lipinski definition) is 1. The molecule has 2 aromatic heterocycles. The second-order valence-corrected chi connectivity index (χ2v) is 4.88. The highest BCUT2D eigenvalue weighted by atomic mass is 19.1. The highest BCUT2D eigenvalue weighted by Gasteiger charge is 2.14. The number of nitrogens with two attached hydrogens (primary N) is 1. The van der Waals surface area contributed by atoms with Gasteiger partial charge in [-0.2, -0.15) is 0 Å². The average molecular weight is 282 g/mol. The van der Waals surface area contributed by atoms with Gasteiger partial charge in [0.25, 0.3) is 0 Å². The summed E-state index contributed by atoms with van der Waals surface area (Å²) in [5.74, 6) is -0.242. The molecular formula is C16H15FN4. The molecule has 2 heterocycles. The van der Waals surface area contributed by atoms with Crippen molar-refractivity contribution in [2.45, 2.75) is 13.0 Å². The van der Waals surface area contributed by atoms with Gasteiger partial charge < -0.3 is 10.3 Å². The van der Waals surface area contributed by atoms with Crippen LogP contribution in [0.1, 0.15) is 18.5 Å². The number of halogens is 1. The van der Waals surface area contributed by atoms with E-state index in [4.69, 9.17) is 5.73 Å². The van der Waals surface area contributed by atoms with Crippen LogP contribution < -0.4 is 5.73 Å². The fourth-order valence-electron chi connectivity index (χ4n) is 2.34. The van der Waals surface area contributed by atoms with Crippen LogP contribution in [-0.2, 0) is 0 Å². The molecule has 3 rings (SSSR count). The van der Waals surface area contributed by atoms with Crippen molar-refractivity contribution in [3.05, 3.63) is 66.6 Å². The lowest BCUT2D eigenvalue weighted by Gasteiger charge is -2.17. The summed E-state index contributed by atoms with van der Waals surface area (Å²) in [7, 11) is 0. The first-order chi connectivity index (χ1) is 10.2. The van der Waals surface area contributed by atoms with Gasteiger partial charge in [0, 0.05) is 23.6 Å². The summed E-state index contributed by atoms with van der Waals surface area (Å²) in [6.45, 7) is 2.03.